The predicted molar refractivity (Wildman–Crippen MR) is 143 cm³/mol. The summed E-state index contributed by atoms with van der Waals surface area (Å²) in [4.78, 5) is 37.8. The molecule has 3 aromatic rings. The van der Waals surface area contributed by atoms with Crippen molar-refractivity contribution in [2.45, 2.75) is 52.1 Å². The smallest absolute Gasteiger partial charge is 0.328 e. The van der Waals surface area contributed by atoms with Gasteiger partial charge in [-0.05, 0) is 55.8 Å². The summed E-state index contributed by atoms with van der Waals surface area (Å²) in [5.74, 6) is 0.752. The van der Waals surface area contributed by atoms with E-state index in [0.29, 0.717) is 36.8 Å². The second kappa shape index (κ2) is 12.7. The van der Waals surface area contributed by atoms with E-state index in [-0.39, 0.29) is 30.0 Å². The summed E-state index contributed by atoms with van der Waals surface area (Å²) < 4.78 is 7.19. The molecular weight excluding hydrogens is 472 g/mol. The molecule has 3 heterocycles. The number of anilines is 1. The van der Waals surface area contributed by atoms with E-state index in [0.717, 1.165) is 57.3 Å². The van der Waals surface area contributed by atoms with Crippen molar-refractivity contribution in [1.82, 2.24) is 29.7 Å². The number of aromatic amines is 1. The predicted octanol–water partition coefficient (Wildman–Crippen LogP) is 1.61. The fraction of sp³-hybridized carbons (Fsp3) is 0.538. The lowest BCUT2D eigenvalue weighted by Crippen LogP contribution is -2.36. The van der Waals surface area contributed by atoms with Gasteiger partial charge in [0.05, 0.1) is 19.7 Å². The van der Waals surface area contributed by atoms with E-state index in [2.05, 4.69) is 56.4 Å². The van der Waals surface area contributed by atoms with E-state index in [9.17, 15) is 9.59 Å². The number of H-pyrrole nitrogens is 1. The number of unbranched alkanes of at least 4 members (excludes halogenated alkanes) is 1. The molecule has 0 spiro atoms. The molecule has 0 unspecified atom stereocenters. The summed E-state index contributed by atoms with van der Waals surface area (Å²) in [6, 6.07) is 8.53. The molecule has 6 N–H and O–H groups in total. The Hall–Kier alpha value is -3.44. The van der Waals surface area contributed by atoms with Gasteiger partial charge >= 0.3 is 11.7 Å². The molecule has 11 nitrogen and oxygen atoms in total. The molecule has 11 heteroatoms. The van der Waals surface area contributed by atoms with Gasteiger partial charge in [0.25, 0.3) is 0 Å². The van der Waals surface area contributed by atoms with Crippen LogP contribution in [0.5, 0.6) is 6.01 Å². The van der Waals surface area contributed by atoms with Gasteiger partial charge < -0.3 is 26.5 Å². The number of nitrogens with one attached hydrogen (secondary N) is 2. The molecule has 1 aromatic carbocycles. The number of carbonyl (C=O) groups excluding carboxylic acids is 1. The number of rotatable bonds is 12. The molecule has 0 saturated carbocycles. The number of likely N-dealkylation sites (tertiary alicyclic amines) is 1. The number of nitrogen functional groups attached to an aromatic ring is 1. The fourth-order valence-corrected chi connectivity index (χ4v) is 4.66. The van der Waals surface area contributed by atoms with Crippen molar-refractivity contribution in [3.05, 3.63) is 45.9 Å². The molecule has 1 saturated heterocycles. The Balaban J connectivity index is 1.33. The lowest BCUT2D eigenvalue weighted by atomic mass is 9.93. The molecular formula is C26H38N8O3. The molecule has 1 aliphatic rings. The number of ether oxygens (including phenoxy) is 1. The van der Waals surface area contributed by atoms with E-state index in [1.54, 1.807) is 4.57 Å². The maximum Gasteiger partial charge on any atom is 0.328 e. The number of carbonyl (C=O) groups is 1. The number of nitrogens with two attached hydrogens (primary N) is 2. The van der Waals surface area contributed by atoms with Gasteiger partial charge in [-0.2, -0.15) is 9.97 Å². The van der Waals surface area contributed by atoms with E-state index in [1.165, 1.54) is 5.56 Å². The minimum atomic E-state index is -0.281. The highest BCUT2D eigenvalue weighted by Crippen LogP contribution is 2.22. The first-order valence-electron chi connectivity index (χ1n) is 13.1. The first-order valence-corrected chi connectivity index (χ1v) is 13.1. The van der Waals surface area contributed by atoms with Gasteiger partial charge in [-0.3, -0.25) is 14.3 Å². The average Bonchev–Trinajstić information content (AvgIpc) is 3.21. The first kappa shape index (κ1) is 26.6. The van der Waals surface area contributed by atoms with Crippen LogP contribution in [0.2, 0.25) is 0 Å². The van der Waals surface area contributed by atoms with Crippen molar-refractivity contribution in [2.75, 3.05) is 38.5 Å². The minimum Gasteiger partial charge on any atom is -0.463 e. The van der Waals surface area contributed by atoms with Crippen LogP contribution in [0.1, 0.15) is 50.2 Å². The fourth-order valence-electron chi connectivity index (χ4n) is 4.66. The van der Waals surface area contributed by atoms with Crippen LogP contribution in [0.3, 0.4) is 0 Å². The topological polar surface area (TPSA) is 157 Å². The number of nitrogens with zero attached hydrogens (tertiary/aromatic N) is 4. The van der Waals surface area contributed by atoms with Crippen LogP contribution in [-0.4, -0.2) is 63.1 Å². The summed E-state index contributed by atoms with van der Waals surface area (Å²) in [7, 11) is 0. The largest absolute Gasteiger partial charge is 0.463 e. The molecule has 0 radical (unpaired) electrons. The van der Waals surface area contributed by atoms with Crippen LogP contribution in [0.25, 0.3) is 11.2 Å². The van der Waals surface area contributed by atoms with Gasteiger partial charge in [0.15, 0.2) is 11.5 Å². The van der Waals surface area contributed by atoms with Crippen molar-refractivity contribution in [2.24, 2.45) is 11.7 Å². The molecule has 0 bridgehead atoms. The van der Waals surface area contributed by atoms with Crippen LogP contribution in [-0.2, 0) is 17.9 Å². The minimum absolute atomic E-state index is 0.0494. The Morgan fingerprint density at radius 2 is 1.86 bits per heavy atom. The molecule has 1 fully saturated rings. The molecule has 0 atom stereocenters. The number of piperidine rings is 1. The van der Waals surface area contributed by atoms with Crippen molar-refractivity contribution in [3.63, 3.8) is 0 Å². The molecule has 1 amide bonds. The Bertz CT molecular complexity index is 1230. The maximum atomic E-state index is 12.6. The molecule has 37 heavy (non-hydrogen) atoms. The number of amides is 1. The second-order valence-electron chi connectivity index (χ2n) is 9.69. The number of imidazole rings is 1. The third kappa shape index (κ3) is 7.07. The Labute approximate surface area is 216 Å². The molecule has 4 rings (SSSR count). The number of hydrogen-bond donors (Lipinski definition) is 4. The van der Waals surface area contributed by atoms with Crippen LogP contribution in [0.4, 0.5) is 5.82 Å². The summed E-state index contributed by atoms with van der Waals surface area (Å²) in [6.07, 6.45) is 5.16. The number of fused-ring (bicyclic) bond motifs is 1. The van der Waals surface area contributed by atoms with Crippen molar-refractivity contribution in [1.29, 1.82) is 0 Å². The van der Waals surface area contributed by atoms with Crippen molar-refractivity contribution in [3.8, 4) is 6.01 Å². The number of aromatic nitrogens is 4. The quantitative estimate of drug-likeness (QED) is 0.268. The first-order chi connectivity index (χ1) is 18.0. The van der Waals surface area contributed by atoms with Crippen LogP contribution in [0, 0.1) is 5.92 Å². The van der Waals surface area contributed by atoms with E-state index >= 15 is 0 Å². The Kier molecular flexibility index (Phi) is 9.13. The van der Waals surface area contributed by atoms with Crippen molar-refractivity contribution >= 4 is 22.9 Å². The Morgan fingerprint density at radius 1 is 1.16 bits per heavy atom. The van der Waals surface area contributed by atoms with Gasteiger partial charge in [-0.1, -0.05) is 37.6 Å². The highest BCUT2D eigenvalue weighted by Gasteiger charge is 2.19. The van der Waals surface area contributed by atoms with Gasteiger partial charge in [-0.25, -0.2) is 4.79 Å². The monoisotopic (exact) mass is 510 g/mol. The number of hydrogen-bond acceptors (Lipinski definition) is 8. The SMILES string of the molecule is CCCCOc1nc(N)c2[nH]c(=O)n(Cc3ccc(CN4CCC(CCNC(=O)CN)CC4)cc3)c2n1. The molecule has 1 aliphatic heterocycles. The highest BCUT2D eigenvalue weighted by molar-refractivity contribution is 5.82. The standard InChI is InChI=1S/C26H38N8O3/c1-2-3-14-37-25-31-23(28)22-24(32-25)34(26(36)30-22)17-20-6-4-19(5-7-20)16-33-12-9-18(10-13-33)8-11-29-21(35)15-27/h4-7,18H,2-3,8-17,27H2,1H3,(H,29,35)(H,30,36)(H2,28,31,32). The van der Waals surface area contributed by atoms with Crippen molar-refractivity contribution < 1.29 is 9.53 Å². The van der Waals surface area contributed by atoms with Gasteiger partial charge in [0.2, 0.25) is 5.91 Å². The zero-order chi connectivity index (χ0) is 26.2. The van der Waals surface area contributed by atoms with E-state index < -0.39 is 0 Å². The second-order valence-corrected chi connectivity index (χ2v) is 9.69. The lowest BCUT2D eigenvalue weighted by Gasteiger charge is -2.32. The summed E-state index contributed by atoms with van der Waals surface area (Å²) in [6.45, 7) is 6.69. The summed E-state index contributed by atoms with van der Waals surface area (Å²) >= 11 is 0. The normalized spacial score (nSPS) is 14.8. The molecule has 200 valence electrons. The van der Waals surface area contributed by atoms with E-state index in [4.69, 9.17) is 16.2 Å². The highest BCUT2D eigenvalue weighted by atomic mass is 16.5. The van der Waals surface area contributed by atoms with Crippen LogP contribution < -0.4 is 27.2 Å². The third-order valence-electron chi connectivity index (χ3n) is 6.90. The summed E-state index contributed by atoms with van der Waals surface area (Å²) in [5, 5.41) is 2.86. The lowest BCUT2D eigenvalue weighted by molar-refractivity contribution is -0.119. The van der Waals surface area contributed by atoms with E-state index in [1.807, 2.05) is 0 Å². The molecule has 2 aromatic heterocycles. The average molecular weight is 511 g/mol. The van der Waals surface area contributed by atoms with Crippen LogP contribution >= 0.6 is 0 Å². The van der Waals surface area contributed by atoms with Gasteiger partial charge in [0.1, 0.15) is 5.52 Å². The van der Waals surface area contributed by atoms with Gasteiger partial charge in [0, 0.05) is 13.1 Å². The van der Waals surface area contributed by atoms with Crippen LogP contribution in [0.15, 0.2) is 29.1 Å². The maximum absolute atomic E-state index is 12.6. The zero-order valence-corrected chi connectivity index (χ0v) is 21.5. The third-order valence-corrected chi connectivity index (χ3v) is 6.90. The molecule has 0 aliphatic carbocycles. The Morgan fingerprint density at radius 3 is 2.54 bits per heavy atom. The number of benzene rings is 1. The van der Waals surface area contributed by atoms with Gasteiger partial charge in [-0.15, -0.1) is 0 Å². The summed E-state index contributed by atoms with van der Waals surface area (Å²) in [5.41, 5.74) is 14.2. The zero-order valence-electron chi connectivity index (χ0n) is 21.5.